The van der Waals surface area contributed by atoms with Crippen molar-refractivity contribution in [1.29, 1.82) is 0 Å². The summed E-state index contributed by atoms with van der Waals surface area (Å²) in [5, 5.41) is 3.85. The molecule has 1 unspecified atom stereocenters. The van der Waals surface area contributed by atoms with Crippen molar-refractivity contribution in [3.63, 3.8) is 0 Å². The van der Waals surface area contributed by atoms with Crippen LogP contribution in [-0.2, 0) is 11.3 Å². The monoisotopic (exact) mass is 274 g/mol. The van der Waals surface area contributed by atoms with Crippen LogP contribution in [0.15, 0.2) is 18.2 Å². The number of halogens is 2. The molecule has 0 saturated carbocycles. The molecular weight excluding hydrogens is 259 g/mol. The number of benzene rings is 1. The molecule has 0 fully saturated rings. The van der Waals surface area contributed by atoms with Gasteiger partial charge >= 0.3 is 0 Å². The summed E-state index contributed by atoms with van der Waals surface area (Å²) in [6.07, 6.45) is 0. The van der Waals surface area contributed by atoms with Crippen LogP contribution < -0.4 is 11.1 Å². The van der Waals surface area contributed by atoms with E-state index in [0.717, 1.165) is 5.56 Å². The van der Waals surface area contributed by atoms with Gasteiger partial charge in [0, 0.05) is 16.6 Å². The van der Waals surface area contributed by atoms with Gasteiger partial charge in [0.1, 0.15) is 0 Å². The van der Waals surface area contributed by atoms with E-state index in [4.69, 9.17) is 28.9 Å². The number of hydrogen-bond donors (Lipinski definition) is 2. The van der Waals surface area contributed by atoms with E-state index < -0.39 is 6.04 Å². The molecular formula is C12H16Cl2N2O. The Kier molecular flexibility index (Phi) is 5.25. The molecule has 3 nitrogen and oxygen atoms in total. The molecule has 3 N–H and O–H groups in total. The van der Waals surface area contributed by atoms with Crippen LogP contribution in [-0.4, -0.2) is 11.9 Å². The second-order valence-electron chi connectivity index (χ2n) is 4.27. The fourth-order valence-electron chi connectivity index (χ4n) is 1.32. The first kappa shape index (κ1) is 14.3. The van der Waals surface area contributed by atoms with Crippen molar-refractivity contribution in [3.8, 4) is 0 Å². The number of nitrogens with two attached hydrogens (primary N) is 1. The Balaban J connectivity index is 2.58. The fourth-order valence-corrected chi connectivity index (χ4v) is 1.89. The minimum absolute atomic E-state index is 0.109. The predicted molar refractivity (Wildman–Crippen MR) is 71.1 cm³/mol. The van der Waals surface area contributed by atoms with Crippen LogP contribution in [0.1, 0.15) is 19.4 Å². The van der Waals surface area contributed by atoms with Gasteiger partial charge in [-0.15, -0.1) is 0 Å². The van der Waals surface area contributed by atoms with E-state index in [9.17, 15) is 4.79 Å². The SMILES string of the molecule is CC(C)C(N)C(=O)NCc1cc(Cl)cc(Cl)c1. The minimum Gasteiger partial charge on any atom is -0.351 e. The van der Waals surface area contributed by atoms with Gasteiger partial charge in [-0.25, -0.2) is 0 Å². The standard InChI is InChI=1S/C12H16Cl2N2O/c1-7(2)11(15)12(17)16-6-8-3-9(13)5-10(14)4-8/h3-5,7,11H,6,15H2,1-2H3,(H,16,17). The second kappa shape index (κ2) is 6.24. The van der Waals surface area contributed by atoms with E-state index in [0.29, 0.717) is 16.6 Å². The summed E-state index contributed by atoms with van der Waals surface area (Å²) in [5.41, 5.74) is 6.57. The zero-order chi connectivity index (χ0) is 13.0. The third kappa shape index (κ3) is 4.54. The highest BCUT2D eigenvalue weighted by Crippen LogP contribution is 2.18. The Morgan fingerprint density at radius 3 is 2.29 bits per heavy atom. The van der Waals surface area contributed by atoms with Crippen LogP contribution in [0.3, 0.4) is 0 Å². The van der Waals surface area contributed by atoms with E-state index in [1.54, 1.807) is 18.2 Å². The smallest absolute Gasteiger partial charge is 0.237 e. The highest BCUT2D eigenvalue weighted by Gasteiger charge is 2.16. The number of nitrogens with one attached hydrogen (secondary N) is 1. The second-order valence-corrected chi connectivity index (χ2v) is 5.14. The summed E-state index contributed by atoms with van der Waals surface area (Å²) in [5.74, 6) is -0.0611. The lowest BCUT2D eigenvalue weighted by Crippen LogP contribution is -2.43. The van der Waals surface area contributed by atoms with Crippen LogP contribution in [0.4, 0.5) is 0 Å². The zero-order valence-electron chi connectivity index (χ0n) is 9.84. The molecule has 0 spiro atoms. The zero-order valence-corrected chi connectivity index (χ0v) is 11.3. The lowest BCUT2D eigenvalue weighted by molar-refractivity contribution is -0.123. The third-order valence-electron chi connectivity index (χ3n) is 2.41. The molecule has 0 aliphatic heterocycles. The molecule has 0 bridgehead atoms. The summed E-state index contributed by atoms with van der Waals surface area (Å²) in [6, 6.07) is 4.67. The number of hydrogen-bond acceptors (Lipinski definition) is 2. The molecule has 1 amide bonds. The average Bonchev–Trinajstić information content (AvgIpc) is 2.23. The van der Waals surface area contributed by atoms with Crippen LogP contribution in [0.25, 0.3) is 0 Å². The van der Waals surface area contributed by atoms with Crippen LogP contribution >= 0.6 is 23.2 Å². The van der Waals surface area contributed by atoms with Gasteiger partial charge in [-0.1, -0.05) is 37.0 Å². The number of rotatable bonds is 4. The van der Waals surface area contributed by atoms with Gasteiger partial charge in [0.2, 0.25) is 5.91 Å². The predicted octanol–water partition coefficient (Wildman–Crippen LogP) is 2.59. The van der Waals surface area contributed by atoms with E-state index >= 15 is 0 Å². The van der Waals surface area contributed by atoms with Crippen molar-refractivity contribution in [1.82, 2.24) is 5.32 Å². The molecule has 1 atom stereocenters. The van der Waals surface area contributed by atoms with Crippen LogP contribution in [0.2, 0.25) is 10.0 Å². The summed E-state index contributed by atoms with van der Waals surface area (Å²) in [7, 11) is 0. The van der Waals surface area contributed by atoms with Gasteiger partial charge in [-0.2, -0.15) is 0 Å². The Hall–Kier alpha value is -0.770. The van der Waals surface area contributed by atoms with Gasteiger partial charge in [-0.3, -0.25) is 4.79 Å². The molecule has 17 heavy (non-hydrogen) atoms. The summed E-state index contributed by atoms with van der Waals surface area (Å²) < 4.78 is 0. The maximum absolute atomic E-state index is 11.6. The molecule has 0 aliphatic carbocycles. The number of carbonyl (C=O) groups is 1. The topological polar surface area (TPSA) is 55.1 Å². The lowest BCUT2D eigenvalue weighted by Gasteiger charge is -2.15. The largest absolute Gasteiger partial charge is 0.351 e. The molecule has 0 radical (unpaired) electrons. The normalized spacial score (nSPS) is 12.6. The summed E-state index contributed by atoms with van der Waals surface area (Å²) >= 11 is 11.7. The molecule has 5 heteroatoms. The molecule has 94 valence electrons. The molecule has 0 aromatic heterocycles. The lowest BCUT2D eigenvalue weighted by atomic mass is 10.0. The van der Waals surface area contributed by atoms with Gasteiger partial charge < -0.3 is 11.1 Å². The van der Waals surface area contributed by atoms with Crippen molar-refractivity contribution in [2.24, 2.45) is 11.7 Å². The van der Waals surface area contributed by atoms with Crippen molar-refractivity contribution in [2.75, 3.05) is 0 Å². The highest BCUT2D eigenvalue weighted by molar-refractivity contribution is 6.34. The van der Waals surface area contributed by atoms with Gasteiger partial charge in [0.25, 0.3) is 0 Å². The van der Waals surface area contributed by atoms with Crippen molar-refractivity contribution >= 4 is 29.1 Å². The first-order chi connectivity index (χ1) is 7.90. The van der Waals surface area contributed by atoms with Crippen molar-refractivity contribution in [2.45, 2.75) is 26.4 Å². The van der Waals surface area contributed by atoms with Crippen molar-refractivity contribution < 1.29 is 4.79 Å². The molecule has 1 rings (SSSR count). The molecule has 0 saturated heterocycles. The van der Waals surface area contributed by atoms with Gasteiger partial charge in [0.05, 0.1) is 6.04 Å². The molecule has 0 aliphatic rings. The van der Waals surface area contributed by atoms with E-state index in [1.165, 1.54) is 0 Å². The first-order valence-electron chi connectivity index (χ1n) is 5.38. The van der Waals surface area contributed by atoms with Crippen LogP contribution in [0, 0.1) is 5.92 Å². The van der Waals surface area contributed by atoms with E-state index in [1.807, 2.05) is 13.8 Å². The Morgan fingerprint density at radius 2 is 1.82 bits per heavy atom. The van der Waals surface area contributed by atoms with Gasteiger partial charge in [-0.05, 0) is 29.7 Å². The van der Waals surface area contributed by atoms with Crippen molar-refractivity contribution in [3.05, 3.63) is 33.8 Å². The highest BCUT2D eigenvalue weighted by atomic mass is 35.5. The van der Waals surface area contributed by atoms with Gasteiger partial charge in [0.15, 0.2) is 0 Å². The van der Waals surface area contributed by atoms with E-state index in [2.05, 4.69) is 5.32 Å². The quantitative estimate of drug-likeness (QED) is 0.887. The summed E-state index contributed by atoms with van der Waals surface area (Å²) in [4.78, 5) is 11.6. The molecule has 1 aromatic carbocycles. The average molecular weight is 275 g/mol. The maximum atomic E-state index is 11.6. The number of amides is 1. The summed E-state index contributed by atoms with van der Waals surface area (Å²) in [6.45, 7) is 4.18. The molecule has 0 heterocycles. The molecule has 1 aromatic rings. The third-order valence-corrected chi connectivity index (χ3v) is 2.85. The minimum atomic E-state index is -0.496. The Labute approximate surface area is 111 Å². The van der Waals surface area contributed by atoms with Crippen LogP contribution in [0.5, 0.6) is 0 Å². The maximum Gasteiger partial charge on any atom is 0.237 e. The van der Waals surface area contributed by atoms with E-state index in [-0.39, 0.29) is 11.8 Å². The number of carbonyl (C=O) groups excluding carboxylic acids is 1. The Morgan fingerprint density at radius 1 is 1.29 bits per heavy atom. The first-order valence-corrected chi connectivity index (χ1v) is 6.14. The Bertz CT molecular complexity index is 387. The fraction of sp³-hybridized carbons (Fsp3) is 0.417.